The molecule has 1 fully saturated rings. The molecule has 0 amide bonds. The molecule has 1 N–H and O–H groups in total. The quantitative estimate of drug-likeness (QED) is 0.673. The molecule has 23 heavy (non-hydrogen) atoms. The molecule has 2 heterocycles. The molecule has 0 spiro atoms. The number of aromatic amines is 1. The van der Waals surface area contributed by atoms with Crippen LogP contribution < -0.4 is 4.74 Å². The summed E-state index contributed by atoms with van der Waals surface area (Å²) in [4.78, 5) is 0. The molecule has 2 aromatic rings. The molecule has 7 nitrogen and oxygen atoms in total. The maximum absolute atomic E-state index is 8.49. The Kier molecular flexibility index (Phi) is 4.80. The van der Waals surface area contributed by atoms with Crippen molar-refractivity contribution >= 4 is 18.4 Å². The second kappa shape index (κ2) is 7.17. The van der Waals surface area contributed by atoms with Gasteiger partial charge in [0.25, 0.3) is 0 Å². The summed E-state index contributed by atoms with van der Waals surface area (Å²) in [6.07, 6.45) is 3.55. The number of aromatic nitrogens is 3. The molecule has 0 aliphatic carbocycles. The Morgan fingerprint density at radius 1 is 1.52 bits per heavy atom. The fourth-order valence-electron chi connectivity index (χ4n) is 2.30. The third kappa shape index (κ3) is 3.64. The third-order valence-corrected chi connectivity index (χ3v) is 3.66. The van der Waals surface area contributed by atoms with E-state index in [4.69, 9.17) is 27.0 Å². The summed E-state index contributed by atoms with van der Waals surface area (Å²) >= 11 is 5.22. The molecule has 1 aliphatic rings. The van der Waals surface area contributed by atoms with E-state index in [2.05, 4.69) is 15.3 Å². The fraction of sp³-hybridized carbons (Fsp3) is 0.333. The number of nitriles is 1. The van der Waals surface area contributed by atoms with Gasteiger partial charge in [0.05, 0.1) is 6.21 Å². The lowest BCUT2D eigenvalue weighted by Crippen LogP contribution is -2.05. The highest BCUT2D eigenvalue weighted by molar-refractivity contribution is 7.71. The van der Waals surface area contributed by atoms with Gasteiger partial charge in [-0.25, -0.2) is 0 Å². The van der Waals surface area contributed by atoms with Crippen molar-refractivity contribution in [1.82, 2.24) is 14.9 Å². The van der Waals surface area contributed by atoms with Crippen LogP contribution in [-0.4, -0.2) is 34.3 Å². The first kappa shape index (κ1) is 15.4. The standard InChI is InChI=1S/C15H15N5O2S/c16-7-9-21-12-5-3-11(4-6-12)10-17-20-14(18-19-15(20)23)13-2-1-8-22-13/h3-6,10,13H,1-2,8-9H2,(H,19,23)/b17-10-/t13-/m1/s1. The molecule has 3 rings (SSSR count). The lowest BCUT2D eigenvalue weighted by molar-refractivity contribution is 0.102. The minimum Gasteiger partial charge on any atom is -0.479 e. The summed E-state index contributed by atoms with van der Waals surface area (Å²) in [7, 11) is 0. The van der Waals surface area contributed by atoms with Crippen LogP contribution >= 0.6 is 12.2 Å². The van der Waals surface area contributed by atoms with Gasteiger partial charge in [0, 0.05) is 6.61 Å². The first-order valence-corrected chi connectivity index (χ1v) is 7.62. The Morgan fingerprint density at radius 2 is 2.35 bits per heavy atom. The molecule has 1 aromatic carbocycles. The molecule has 1 aliphatic heterocycles. The van der Waals surface area contributed by atoms with Crippen LogP contribution in [-0.2, 0) is 4.74 Å². The summed E-state index contributed by atoms with van der Waals surface area (Å²) in [5.74, 6) is 1.33. The fourth-order valence-corrected chi connectivity index (χ4v) is 2.48. The van der Waals surface area contributed by atoms with Crippen molar-refractivity contribution in [1.29, 1.82) is 5.26 Å². The molecule has 0 bridgehead atoms. The van der Waals surface area contributed by atoms with E-state index in [0.717, 1.165) is 25.0 Å². The van der Waals surface area contributed by atoms with Gasteiger partial charge in [0.2, 0.25) is 4.77 Å². The van der Waals surface area contributed by atoms with Crippen molar-refractivity contribution in [2.45, 2.75) is 18.9 Å². The van der Waals surface area contributed by atoms with E-state index in [1.807, 2.05) is 18.2 Å². The summed E-state index contributed by atoms with van der Waals surface area (Å²) in [6, 6.07) is 9.21. The van der Waals surface area contributed by atoms with E-state index < -0.39 is 0 Å². The first-order chi connectivity index (χ1) is 11.3. The van der Waals surface area contributed by atoms with Crippen LogP contribution in [0.3, 0.4) is 0 Å². The van der Waals surface area contributed by atoms with Crippen LogP contribution in [0.5, 0.6) is 5.75 Å². The van der Waals surface area contributed by atoms with E-state index in [0.29, 0.717) is 16.3 Å². The third-order valence-electron chi connectivity index (χ3n) is 3.40. The lowest BCUT2D eigenvalue weighted by Gasteiger charge is -2.07. The van der Waals surface area contributed by atoms with Crippen LogP contribution in [0.15, 0.2) is 29.4 Å². The zero-order chi connectivity index (χ0) is 16.1. The summed E-state index contributed by atoms with van der Waals surface area (Å²) < 4.78 is 12.9. The van der Waals surface area contributed by atoms with Crippen molar-refractivity contribution < 1.29 is 9.47 Å². The SMILES string of the molecule is N#CCOc1ccc(/C=N\n2c([C@H]3CCCO3)n[nH]c2=S)cc1. The number of ether oxygens (including phenoxy) is 2. The molecular weight excluding hydrogens is 314 g/mol. The Hall–Kier alpha value is -2.50. The van der Waals surface area contributed by atoms with Crippen molar-refractivity contribution in [3.63, 3.8) is 0 Å². The summed E-state index contributed by atoms with van der Waals surface area (Å²) in [5, 5.41) is 19.8. The molecule has 0 radical (unpaired) electrons. The largest absolute Gasteiger partial charge is 0.479 e. The number of rotatable bonds is 5. The minimum absolute atomic E-state index is 0.0301. The van der Waals surface area contributed by atoms with Gasteiger partial charge >= 0.3 is 0 Å². The number of hydrogen-bond donors (Lipinski definition) is 1. The highest BCUT2D eigenvalue weighted by Gasteiger charge is 2.23. The number of benzene rings is 1. The van der Waals surface area contributed by atoms with Gasteiger partial charge in [-0.1, -0.05) is 0 Å². The van der Waals surface area contributed by atoms with E-state index in [1.54, 1.807) is 23.0 Å². The van der Waals surface area contributed by atoms with Crippen LogP contribution in [0.2, 0.25) is 0 Å². The highest BCUT2D eigenvalue weighted by atomic mass is 32.1. The van der Waals surface area contributed by atoms with E-state index in [-0.39, 0.29) is 12.7 Å². The number of nitrogens with one attached hydrogen (secondary N) is 1. The second-order valence-corrected chi connectivity index (χ2v) is 5.35. The van der Waals surface area contributed by atoms with E-state index >= 15 is 0 Å². The van der Waals surface area contributed by atoms with Crippen molar-refractivity contribution in [3.05, 3.63) is 40.4 Å². The van der Waals surface area contributed by atoms with E-state index in [1.165, 1.54) is 0 Å². The molecule has 0 unspecified atom stereocenters. The smallest absolute Gasteiger partial charge is 0.216 e. The van der Waals surface area contributed by atoms with Crippen LogP contribution in [0, 0.1) is 16.1 Å². The van der Waals surface area contributed by atoms with Crippen molar-refractivity contribution in [2.75, 3.05) is 13.2 Å². The number of hydrogen-bond acceptors (Lipinski definition) is 6. The lowest BCUT2D eigenvalue weighted by atomic mass is 10.2. The maximum Gasteiger partial charge on any atom is 0.216 e. The molecule has 1 aromatic heterocycles. The number of H-pyrrole nitrogens is 1. The second-order valence-electron chi connectivity index (χ2n) is 4.96. The van der Waals surface area contributed by atoms with Gasteiger partial charge in [-0.05, 0) is 54.9 Å². The summed E-state index contributed by atoms with van der Waals surface area (Å²) in [6.45, 7) is 0.764. The topological polar surface area (TPSA) is 88.2 Å². The monoisotopic (exact) mass is 329 g/mol. The van der Waals surface area contributed by atoms with Gasteiger partial charge in [-0.3, -0.25) is 5.10 Å². The van der Waals surface area contributed by atoms with E-state index in [9.17, 15) is 0 Å². The van der Waals surface area contributed by atoms with Crippen LogP contribution in [0.25, 0.3) is 0 Å². The molecule has 1 saturated heterocycles. The van der Waals surface area contributed by atoms with Gasteiger partial charge in [0.15, 0.2) is 12.4 Å². The van der Waals surface area contributed by atoms with Gasteiger partial charge in [-0.15, -0.1) is 0 Å². The molecule has 118 valence electrons. The molecule has 8 heteroatoms. The Bertz CT molecular complexity index is 781. The average molecular weight is 329 g/mol. The van der Waals surface area contributed by atoms with Crippen molar-refractivity contribution in [3.8, 4) is 11.8 Å². The van der Waals surface area contributed by atoms with Gasteiger partial charge in [-0.2, -0.15) is 20.1 Å². The Morgan fingerprint density at radius 3 is 3.04 bits per heavy atom. The van der Waals surface area contributed by atoms with Gasteiger partial charge in [0.1, 0.15) is 17.9 Å². The zero-order valence-electron chi connectivity index (χ0n) is 12.3. The average Bonchev–Trinajstić information content (AvgIpc) is 3.21. The predicted molar refractivity (Wildman–Crippen MR) is 85.9 cm³/mol. The first-order valence-electron chi connectivity index (χ1n) is 7.21. The highest BCUT2D eigenvalue weighted by Crippen LogP contribution is 2.26. The number of nitrogens with zero attached hydrogens (tertiary/aromatic N) is 4. The van der Waals surface area contributed by atoms with Crippen molar-refractivity contribution in [2.24, 2.45) is 5.10 Å². The molecule has 1 atom stereocenters. The van der Waals surface area contributed by atoms with Crippen LogP contribution in [0.1, 0.15) is 30.3 Å². The van der Waals surface area contributed by atoms with Crippen LogP contribution in [0.4, 0.5) is 0 Å². The Labute approximate surface area is 138 Å². The Balaban J connectivity index is 1.76. The maximum atomic E-state index is 8.49. The normalized spacial score (nSPS) is 17.4. The zero-order valence-corrected chi connectivity index (χ0v) is 13.1. The minimum atomic E-state index is -0.0677. The molecular formula is C15H15N5O2S. The molecule has 0 saturated carbocycles. The predicted octanol–water partition coefficient (Wildman–Crippen LogP) is 2.58. The van der Waals surface area contributed by atoms with Gasteiger partial charge < -0.3 is 9.47 Å². The summed E-state index contributed by atoms with van der Waals surface area (Å²) in [5.41, 5.74) is 0.885.